The summed E-state index contributed by atoms with van der Waals surface area (Å²) < 4.78 is 0. The summed E-state index contributed by atoms with van der Waals surface area (Å²) >= 11 is 0. The van der Waals surface area contributed by atoms with Gasteiger partial charge in [-0.05, 0) is 57.7 Å². The van der Waals surface area contributed by atoms with Crippen LogP contribution >= 0.6 is 0 Å². The highest BCUT2D eigenvalue weighted by molar-refractivity contribution is 5.75. The first-order valence-electron chi connectivity index (χ1n) is 7.45. The van der Waals surface area contributed by atoms with Crippen molar-refractivity contribution in [3.63, 3.8) is 0 Å². The Kier molecular flexibility index (Phi) is 5.45. The van der Waals surface area contributed by atoms with Crippen LogP contribution in [0, 0.1) is 5.92 Å². The molecule has 1 amide bonds. The third kappa shape index (κ3) is 4.58. The van der Waals surface area contributed by atoms with Crippen LogP contribution in [0.4, 0.5) is 0 Å². The minimum Gasteiger partial charge on any atom is -0.359 e. The molecule has 104 valence electrons. The van der Waals surface area contributed by atoms with Gasteiger partial charge in [0.1, 0.15) is 0 Å². The maximum Gasteiger partial charge on any atom is 0.219 e. The Bertz CT molecular complexity index is 260. The fraction of sp³-hybridized carbons (Fsp3) is 0.929. The van der Waals surface area contributed by atoms with E-state index in [1.165, 1.54) is 45.3 Å². The molecule has 1 saturated carbocycles. The lowest BCUT2D eigenvalue weighted by Gasteiger charge is -2.30. The molecular formula is C14H27N3O. The summed E-state index contributed by atoms with van der Waals surface area (Å²) in [5, 5.41) is 6.19. The van der Waals surface area contributed by atoms with Crippen molar-refractivity contribution in [2.75, 3.05) is 33.2 Å². The van der Waals surface area contributed by atoms with E-state index in [-0.39, 0.29) is 5.91 Å². The van der Waals surface area contributed by atoms with Crippen LogP contribution in [0.2, 0.25) is 0 Å². The molecule has 0 aromatic heterocycles. The normalized spacial score (nSPS) is 24.2. The lowest BCUT2D eigenvalue weighted by atomic mass is 9.99. The highest BCUT2D eigenvalue weighted by Crippen LogP contribution is 2.28. The number of nitrogens with zero attached hydrogens (tertiary/aromatic N) is 1. The van der Waals surface area contributed by atoms with Crippen LogP contribution in [0.3, 0.4) is 0 Å². The molecule has 1 saturated heterocycles. The van der Waals surface area contributed by atoms with Gasteiger partial charge < -0.3 is 15.5 Å². The summed E-state index contributed by atoms with van der Waals surface area (Å²) in [7, 11) is 1.72. The Labute approximate surface area is 110 Å². The third-order valence-corrected chi connectivity index (χ3v) is 4.08. The van der Waals surface area contributed by atoms with Crippen LogP contribution in [0.5, 0.6) is 0 Å². The number of hydrogen-bond acceptors (Lipinski definition) is 3. The second kappa shape index (κ2) is 7.10. The van der Waals surface area contributed by atoms with Gasteiger partial charge in [-0.25, -0.2) is 0 Å². The Hall–Kier alpha value is -0.610. The number of amides is 1. The highest BCUT2D eigenvalue weighted by Gasteiger charge is 2.30. The van der Waals surface area contributed by atoms with Crippen molar-refractivity contribution in [1.82, 2.24) is 15.5 Å². The van der Waals surface area contributed by atoms with E-state index in [0.29, 0.717) is 6.42 Å². The monoisotopic (exact) mass is 253 g/mol. The molecule has 0 bridgehead atoms. The van der Waals surface area contributed by atoms with E-state index < -0.39 is 0 Å². The molecule has 2 fully saturated rings. The molecule has 1 unspecified atom stereocenters. The van der Waals surface area contributed by atoms with Crippen molar-refractivity contribution >= 4 is 5.91 Å². The van der Waals surface area contributed by atoms with E-state index >= 15 is 0 Å². The first-order chi connectivity index (χ1) is 8.79. The molecule has 4 heteroatoms. The zero-order valence-corrected chi connectivity index (χ0v) is 11.6. The Balaban J connectivity index is 1.68. The van der Waals surface area contributed by atoms with Crippen molar-refractivity contribution in [2.45, 2.75) is 44.6 Å². The van der Waals surface area contributed by atoms with Gasteiger partial charge in [0.2, 0.25) is 5.91 Å². The van der Waals surface area contributed by atoms with Crippen molar-refractivity contribution in [3.05, 3.63) is 0 Å². The van der Waals surface area contributed by atoms with E-state index in [2.05, 4.69) is 15.5 Å². The molecule has 0 aromatic carbocycles. The predicted molar refractivity (Wildman–Crippen MR) is 73.5 cm³/mol. The van der Waals surface area contributed by atoms with E-state index in [0.717, 1.165) is 24.9 Å². The summed E-state index contributed by atoms with van der Waals surface area (Å²) in [4.78, 5) is 13.9. The van der Waals surface area contributed by atoms with Gasteiger partial charge in [-0.15, -0.1) is 0 Å². The molecule has 1 atom stereocenters. The Morgan fingerprint density at radius 2 is 2.22 bits per heavy atom. The summed E-state index contributed by atoms with van der Waals surface area (Å²) in [5.41, 5.74) is 0. The molecule has 1 aliphatic carbocycles. The van der Waals surface area contributed by atoms with Crippen molar-refractivity contribution in [2.24, 2.45) is 5.92 Å². The van der Waals surface area contributed by atoms with Crippen LogP contribution in [0.1, 0.15) is 38.5 Å². The lowest BCUT2D eigenvalue weighted by molar-refractivity contribution is -0.120. The number of piperidine rings is 1. The topological polar surface area (TPSA) is 44.4 Å². The molecule has 2 rings (SSSR count). The van der Waals surface area contributed by atoms with Crippen LogP contribution in [-0.4, -0.2) is 50.1 Å². The molecule has 2 aliphatic rings. The Morgan fingerprint density at radius 3 is 2.83 bits per heavy atom. The van der Waals surface area contributed by atoms with Gasteiger partial charge in [0, 0.05) is 26.1 Å². The van der Waals surface area contributed by atoms with Gasteiger partial charge in [-0.2, -0.15) is 0 Å². The van der Waals surface area contributed by atoms with Gasteiger partial charge in [-0.1, -0.05) is 0 Å². The first-order valence-corrected chi connectivity index (χ1v) is 7.45. The number of nitrogens with one attached hydrogen (secondary N) is 2. The second-order valence-electron chi connectivity index (χ2n) is 5.72. The quantitative estimate of drug-likeness (QED) is 0.711. The Morgan fingerprint density at radius 1 is 1.39 bits per heavy atom. The molecule has 1 aliphatic heterocycles. The SMILES string of the molecule is CNC(=O)CCCN(CC1CCCNC1)C1CC1. The standard InChI is InChI=1S/C14H27N3O/c1-15-14(18)5-3-9-17(13-6-7-13)11-12-4-2-8-16-10-12/h12-13,16H,2-11H2,1H3,(H,15,18). The summed E-state index contributed by atoms with van der Waals surface area (Å²) in [6.45, 7) is 4.69. The molecule has 4 nitrogen and oxygen atoms in total. The zero-order chi connectivity index (χ0) is 12.8. The molecule has 2 N–H and O–H groups in total. The van der Waals surface area contributed by atoms with E-state index in [4.69, 9.17) is 0 Å². The summed E-state index contributed by atoms with van der Waals surface area (Å²) in [5.74, 6) is 0.990. The van der Waals surface area contributed by atoms with Crippen LogP contribution in [-0.2, 0) is 4.79 Å². The highest BCUT2D eigenvalue weighted by atomic mass is 16.1. The van der Waals surface area contributed by atoms with Crippen LogP contribution < -0.4 is 10.6 Å². The summed E-state index contributed by atoms with van der Waals surface area (Å²) in [6.07, 6.45) is 7.08. The molecule has 0 aromatic rings. The van der Waals surface area contributed by atoms with Gasteiger partial charge >= 0.3 is 0 Å². The third-order valence-electron chi connectivity index (χ3n) is 4.08. The minimum absolute atomic E-state index is 0.171. The van der Waals surface area contributed by atoms with Crippen LogP contribution in [0.25, 0.3) is 0 Å². The number of rotatable bonds is 7. The molecule has 18 heavy (non-hydrogen) atoms. The fourth-order valence-electron chi connectivity index (χ4n) is 2.84. The number of carbonyl (C=O) groups is 1. The van der Waals surface area contributed by atoms with E-state index in [1.54, 1.807) is 7.05 Å². The smallest absolute Gasteiger partial charge is 0.219 e. The number of hydrogen-bond donors (Lipinski definition) is 2. The summed E-state index contributed by atoms with van der Waals surface area (Å²) in [6, 6.07) is 0.816. The second-order valence-corrected chi connectivity index (χ2v) is 5.72. The lowest BCUT2D eigenvalue weighted by Crippen LogP contribution is -2.39. The van der Waals surface area contributed by atoms with E-state index in [9.17, 15) is 4.79 Å². The van der Waals surface area contributed by atoms with Gasteiger partial charge in [0.15, 0.2) is 0 Å². The average Bonchev–Trinajstić information content (AvgIpc) is 3.23. The van der Waals surface area contributed by atoms with Crippen molar-refractivity contribution < 1.29 is 4.79 Å². The largest absolute Gasteiger partial charge is 0.359 e. The maximum absolute atomic E-state index is 11.2. The van der Waals surface area contributed by atoms with Gasteiger partial charge in [-0.3, -0.25) is 4.79 Å². The van der Waals surface area contributed by atoms with Crippen molar-refractivity contribution in [1.29, 1.82) is 0 Å². The van der Waals surface area contributed by atoms with Crippen LogP contribution in [0.15, 0.2) is 0 Å². The van der Waals surface area contributed by atoms with E-state index in [1.807, 2.05) is 0 Å². The van der Waals surface area contributed by atoms with Crippen molar-refractivity contribution in [3.8, 4) is 0 Å². The van der Waals surface area contributed by atoms with Gasteiger partial charge in [0.05, 0.1) is 0 Å². The molecular weight excluding hydrogens is 226 g/mol. The fourth-order valence-corrected chi connectivity index (χ4v) is 2.84. The molecule has 0 radical (unpaired) electrons. The molecule has 0 spiro atoms. The molecule has 1 heterocycles. The number of carbonyl (C=O) groups excluding carboxylic acids is 1. The predicted octanol–water partition coefficient (Wildman–Crippen LogP) is 0.977. The maximum atomic E-state index is 11.2. The minimum atomic E-state index is 0.171. The van der Waals surface area contributed by atoms with Gasteiger partial charge in [0.25, 0.3) is 0 Å². The average molecular weight is 253 g/mol. The zero-order valence-electron chi connectivity index (χ0n) is 11.6. The first kappa shape index (κ1) is 13.8.